The number of hydrogen-bond donors (Lipinski definition) is 0. The highest BCUT2D eigenvalue weighted by molar-refractivity contribution is 5.77. The topological polar surface area (TPSA) is 92.9 Å². The zero-order chi connectivity index (χ0) is 12.9. The first-order valence-electron chi connectivity index (χ1n) is 5.25. The van der Waals surface area contributed by atoms with Crippen LogP contribution in [0.2, 0.25) is 0 Å². The van der Waals surface area contributed by atoms with E-state index >= 15 is 0 Å². The highest BCUT2D eigenvalue weighted by Crippen LogP contribution is 2.16. The van der Waals surface area contributed by atoms with E-state index in [9.17, 15) is 4.79 Å². The molecule has 0 unspecified atom stereocenters. The molecule has 0 bridgehead atoms. The number of rotatable bonds is 5. The maximum Gasteiger partial charge on any atom is 0.333 e. The quantitative estimate of drug-likeness (QED) is 0.339. The molecule has 0 atom stereocenters. The van der Waals surface area contributed by atoms with Crippen LogP contribution in [0, 0.1) is 0 Å². The Morgan fingerprint density at radius 3 is 3.00 bits per heavy atom. The summed E-state index contributed by atoms with van der Waals surface area (Å²) < 4.78 is 6.48. The smallest absolute Gasteiger partial charge is 0.333 e. The van der Waals surface area contributed by atoms with Crippen LogP contribution >= 0.6 is 0 Å². The van der Waals surface area contributed by atoms with E-state index in [4.69, 9.17) is 10.3 Å². The number of ether oxygens (including phenoxy) is 1. The second-order valence-corrected chi connectivity index (χ2v) is 3.92. The van der Waals surface area contributed by atoms with Gasteiger partial charge in [-0.05, 0) is 32.4 Å². The monoisotopic (exact) mass is 237 g/mol. The molecular formula is C10H15N5O2. The molecule has 0 aliphatic rings. The van der Waals surface area contributed by atoms with E-state index in [1.165, 1.54) is 4.68 Å². The van der Waals surface area contributed by atoms with Crippen molar-refractivity contribution in [2.75, 3.05) is 6.61 Å². The molecular weight excluding hydrogens is 222 g/mol. The van der Waals surface area contributed by atoms with Crippen molar-refractivity contribution in [2.24, 2.45) is 5.11 Å². The standard InChI is InChI=1S/C10H15N5O2/c1-4-17-9(16)10(2,3)15-6-5-8(13-15)7-12-14-11/h5-6H,4,7H2,1-3H3. The van der Waals surface area contributed by atoms with Crippen LogP contribution in [0.1, 0.15) is 26.5 Å². The number of carbonyl (C=O) groups is 1. The summed E-state index contributed by atoms with van der Waals surface area (Å²) in [6, 6.07) is 1.70. The molecule has 0 N–H and O–H groups in total. The summed E-state index contributed by atoms with van der Waals surface area (Å²) in [6.45, 7) is 5.69. The second-order valence-electron chi connectivity index (χ2n) is 3.92. The van der Waals surface area contributed by atoms with E-state index in [1.807, 2.05) is 0 Å². The fourth-order valence-corrected chi connectivity index (χ4v) is 1.26. The Morgan fingerprint density at radius 1 is 1.71 bits per heavy atom. The largest absolute Gasteiger partial charge is 0.464 e. The van der Waals surface area contributed by atoms with Crippen molar-refractivity contribution in [1.29, 1.82) is 0 Å². The molecule has 7 nitrogen and oxygen atoms in total. The van der Waals surface area contributed by atoms with Gasteiger partial charge in [0.2, 0.25) is 0 Å². The maximum absolute atomic E-state index is 11.7. The highest BCUT2D eigenvalue weighted by Gasteiger charge is 2.32. The lowest BCUT2D eigenvalue weighted by molar-refractivity contribution is -0.152. The van der Waals surface area contributed by atoms with E-state index in [1.54, 1.807) is 33.0 Å². The molecule has 0 aliphatic carbocycles. The predicted octanol–water partition coefficient (Wildman–Crippen LogP) is 1.99. The minimum atomic E-state index is -0.870. The zero-order valence-corrected chi connectivity index (χ0v) is 10.1. The molecule has 17 heavy (non-hydrogen) atoms. The Kier molecular flexibility index (Phi) is 4.12. The van der Waals surface area contributed by atoms with Gasteiger partial charge in [-0.1, -0.05) is 5.11 Å². The van der Waals surface area contributed by atoms with Crippen LogP contribution in [0.25, 0.3) is 10.4 Å². The minimum Gasteiger partial charge on any atom is -0.464 e. The second kappa shape index (κ2) is 5.36. The van der Waals surface area contributed by atoms with E-state index in [0.29, 0.717) is 12.3 Å². The molecule has 0 radical (unpaired) electrons. The molecule has 92 valence electrons. The van der Waals surface area contributed by atoms with Gasteiger partial charge in [-0.15, -0.1) is 0 Å². The molecule has 1 aromatic heterocycles. The van der Waals surface area contributed by atoms with Gasteiger partial charge >= 0.3 is 5.97 Å². The molecule has 0 saturated heterocycles. The predicted molar refractivity (Wildman–Crippen MR) is 61.0 cm³/mol. The minimum absolute atomic E-state index is 0.169. The van der Waals surface area contributed by atoms with Gasteiger partial charge in [0.05, 0.1) is 18.8 Å². The third-order valence-electron chi connectivity index (χ3n) is 2.29. The lowest BCUT2D eigenvalue weighted by atomic mass is 10.1. The van der Waals surface area contributed by atoms with Crippen molar-refractivity contribution in [3.8, 4) is 0 Å². The van der Waals surface area contributed by atoms with Gasteiger partial charge in [0.15, 0.2) is 5.54 Å². The van der Waals surface area contributed by atoms with E-state index in [-0.39, 0.29) is 12.5 Å². The Bertz CT molecular complexity index is 445. The Labute approximate surface area is 99.0 Å². The summed E-state index contributed by atoms with van der Waals surface area (Å²) in [5.41, 5.74) is 7.94. The van der Waals surface area contributed by atoms with Gasteiger partial charge < -0.3 is 4.74 Å². The number of hydrogen-bond acceptors (Lipinski definition) is 4. The van der Waals surface area contributed by atoms with Crippen LogP contribution in [0.5, 0.6) is 0 Å². The van der Waals surface area contributed by atoms with Crippen molar-refractivity contribution < 1.29 is 9.53 Å². The fraction of sp³-hybridized carbons (Fsp3) is 0.600. The molecule has 1 aromatic rings. The summed E-state index contributed by atoms with van der Waals surface area (Å²) in [5.74, 6) is -0.349. The molecule has 0 aliphatic heterocycles. The molecule has 0 fully saturated rings. The number of esters is 1. The van der Waals surface area contributed by atoms with Crippen molar-refractivity contribution in [1.82, 2.24) is 9.78 Å². The van der Waals surface area contributed by atoms with Gasteiger partial charge in [0.25, 0.3) is 0 Å². The molecule has 1 rings (SSSR count). The van der Waals surface area contributed by atoms with Gasteiger partial charge in [0, 0.05) is 11.1 Å². The first-order valence-corrected chi connectivity index (χ1v) is 5.25. The lowest BCUT2D eigenvalue weighted by Crippen LogP contribution is -2.37. The van der Waals surface area contributed by atoms with Gasteiger partial charge in [-0.3, -0.25) is 4.68 Å². The SMILES string of the molecule is CCOC(=O)C(C)(C)n1ccc(CN=[N+]=[N-])n1. The lowest BCUT2D eigenvalue weighted by Gasteiger charge is -2.22. The number of nitrogens with zero attached hydrogens (tertiary/aromatic N) is 5. The van der Waals surface area contributed by atoms with Crippen molar-refractivity contribution in [3.63, 3.8) is 0 Å². The van der Waals surface area contributed by atoms with E-state index in [2.05, 4.69) is 15.1 Å². The highest BCUT2D eigenvalue weighted by atomic mass is 16.5. The zero-order valence-electron chi connectivity index (χ0n) is 10.1. The summed E-state index contributed by atoms with van der Waals surface area (Å²) in [4.78, 5) is 14.4. The summed E-state index contributed by atoms with van der Waals surface area (Å²) in [6.07, 6.45) is 1.67. The van der Waals surface area contributed by atoms with Gasteiger partial charge in [0.1, 0.15) is 0 Å². The summed E-state index contributed by atoms with van der Waals surface area (Å²) >= 11 is 0. The first-order chi connectivity index (χ1) is 8.02. The fourth-order valence-electron chi connectivity index (χ4n) is 1.26. The van der Waals surface area contributed by atoms with Crippen LogP contribution in [0.15, 0.2) is 17.4 Å². The molecule has 1 heterocycles. The normalized spacial score (nSPS) is 10.8. The average Bonchev–Trinajstić information content (AvgIpc) is 2.75. The molecule has 0 amide bonds. The van der Waals surface area contributed by atoms with Crippen LogP contribution in [0.3, 0.4) is 0 Å². The Morgan fingerprint density at radius 2 is 2.41 bits per heavy atom. The Hall–Kier alpha value is -2.01. The molecule has 0 aromatic carbocycles. The molecule has 7 heteroatoms. The summed E-state index contributed by atoms with van der Waals surface area (Å²) in [7, 11) is 0. The van der Waals surface area contributed by atoms with Gasteiger partial charge in [-0.2, -0.15) is 5.10 Å². The van der Waals surface area contributed by atoms with Crippen LogP contribution in [-0.2, 0) is 21.6 Å². The molecule has 0 spiro atoms. The summed E-state index contributed by atoms with van der Waals surface area (Å²) in [5, 5.41) is 7.58. The van der Waals surface area contributed by atoms with E-state index in [0.717, 1.165) is 0 Å². The maximum atomic E-state index is 11.7. The van der Waals surface area contributed by atoms with Crippen molar-refractivity contribution in [3.05, 3.63) is 28.4 Å². The third kappa shape index (κ3) is 2.98. The number of aromatic nitrogens is 2. The first kappa shape index (κ1) is 13.1. The van der Waals surface area contributed by atoms with Crippen LogP contribution in [-0.4, -0.2) is 22.4 Å². The van der Waals surface area contributed by atoms with Gasteiger partial charge in [-0.25, -0.2) is 4.79 Å². The Balaban J connectivity index is 2.87. The average molecular weight is 237 g/mol. The van der Waals surface area contributed by atoms with E-state index < -0.39 is 5.54 Å². The van der Waals surface area contributed by atoms with Crippen molar-refractivity contribution >= 4 is 5.97 Å². The number of azide groups is 1. The van der Waals surface area contributed by atoms with Crippen LogP contribution < -0.4 is 0 Å². The molecule has 0 saturated carbocycles. The van der Waals surface area contributed by atoms with Crippen LogP contribution in [0.4, 0.5) is 0 Å². The number of carbonyl (C=O) groups excluding carboxylic acids is 1. The third-order valence-corrected chi connectivity index (χ3v) is 2.29. The van der Waals surface area contributed by atoms with Crippen molar-refractivity contribution in [2.45, 2.75) is 32.9 Å².